The maximum Gasteiger partial charge on any atom is 0.129 e. The molecule has 1 heterocycles. The quantitative estimate of drug-likeness (QED) is 0.745. The summed E-state index contributed by atoms with van der Waals surface area (Å²) in [6.07, 6.45) is 2.43. The summed E-state index contributed by atoms with van der Waals surface area (Å²) in [5, 5.41) is 3.23. The normalized spacial score (nSPS) is 11.4. The van der Waals surface area contributed by atoms with Gasteiger partial charge in [0.05, 0.1) is 0 Å². The summed E-state index contributed by atoms with van der Waals surface area (Å²) in [5.41, 5.74) is 2.43. The molecule has 1 N–H and O–H groups in total. The minimum atomic E-state index is 0.730. The number of hydrogen-bond donors (Lipinski definition) is 1. The molecule has 3 nitrogen and oxygen atoms in total. The van der Waals surface area contributed by atoms with Gasteiger partial charge in [0.15, 0.2) is 0 Å². The highest BCUT2D eigenvalue weighted by Gasteiger charge is 2.11. The number of nitrogens with one attached hydrogen (secondary N) is 1. The predicted molar refractivity (Wildman–Crippen MR) is 92.9 cm³/mol. The second-order valence-electron chi connectivity index (χ2n) is 6.86. The second-order valence-corrected chi connectivity index (χ2v) is 6.86. The van der Waals surface area contributed by atoms with Gasteiger partial charge in [-0.05, 0) is 56.3 Å². The average molecular weight is 291 g/mol. The van der Waals surface area contributed by atoms with Gasteiger partial charge in [-0.1, -0.05) is 27.7 Å². The average Bonchev–Trinajstić information content (AvgIpc) is 2.37. The van der Waals surface area contributed by atoms with Crippen molar-refractivity contribution in [3.63, 3.8) is 0 Å². The molecule has 0 atom stereocenters. The SMILES string of the molecule is CNCc1cc(C)nc(N(CCC(C)C)CCC(C)C)c1. The molecule has 0 spiro atoms. The highest BCUT2D eigenvalue weighted by molar-refractivity contribution is 5.42. The van der Waals surface area contributed by atoms with Crippen LogP contribution in [0.25, 0.3) is 0 Å². The Hall–Kier alpha value is -1.09. The molecule has 3 heteroatoms. The van der Waals surface area contributed by atoms with Crippen LogP contribution in [0.15, 0.2) is 12.1 Å². The van der Waals surface area contributed by atoms with Crippen LogP contribution < -0.4 is 10.2 Å². The molecule has 0 amide bonds. The minimum absolute atomic E-state index is 0.730. The number of nitrogens with zero attached hydrogens (tertiary/aromatic N) is 2. The Balaban J connectivity index is 2.88. The predicted octanol–water partition coefficient (Wildman–Crippen LogP) is 4.01. The van der Waals surface area contributed by atoms with E-state index in [-0.39, 0.29) is 0 Å². The highest BCUT2D eigenvalue weighted by atomic mass is 15.2. The molecule has 21 heavy (non-hydrogen) atoms. The van der Waals surface area contributed by atoms with Crippen molar-refractivity contribution in [2.45, 2.75) is 54.0 Å². The molecule has 0 aliphatic rings. The van der Waals surface area contributed by atoms with Crippen molar-refractivity contribution < 1.29 is 0 Å². The van der Waals surface area contributed by atoms with E-state index in [0.717, 1.165) is 43.0 Å². The number of anilines is 1. The fraction of sp³-hybridized carbons (Fsp3) is 0.722. The Bertz CT molecular complexity index is 401. The highest BCUT2D eigenvalue weighted by Crippen LogP contribution is 2.18. The van der Waals surface area contributed by atoms with Crippen molar-refractivity contribution in [2.24, 2.45) is 11.8 Å². The summed E-state index contributed by atoms with van der Waals surface area (Å²) < 4.78 is 0. The van der Waals surface area contributed by atoms with E-state index in [1.165, 1.54) is 18.4 Å². The zero-order valence-electron chi connectivity index (χ0n) is 14.7. The molecule has 1 aromatic heterocycles. The first kappa shape index (κ1) is 18.0. The van der Waals surface area contributed by atoms with Crippen LogP contribution in [0.2, 0.25) is 0 Å². The van der Waals surface area contributed by atoms with E-state index in [2.05, 4.69) is 57.0 Å². The molecule has 0 radical (unpaired) electrons. The molecule has 0 fully saturated rings. The standard InChI is InChI=1S/C18H33N3/c1-14(2)7-9-21(10-8-15(3)4)18-12-17(13-19-6)11-16(5)20-18/h11-12,14-15,19H,7-10,13H2,1-6H3. The Morgan fingerprint density at radius 2 is 1.62 bits per heavy atom. The van der Waals surface area contributed by atoms with Crippen molar-refractivity contribution >= 4 is 5.82 Å². The van der Waals surface area contributed by atoms with Crippen molar-refractivity contribution in [3.05, 3.63) is 23.4 Å². The summed E-state index contributed by atoms with van der Waals surface area (Å²) in [6, 6.07) is 4.41. The van der Waals surface area contributed by atoms with Gasteiger partial charge < -0.3 is 10.2 Å². The van der Waals surface area contributed by atoms with E-state index in [1.54, 1.807) is 0 Å². The van der Waals surface area contributed by atoms with Crippen LogP contribution >= 0.6 is 0 Å². The molecule has 0 bridgehead atoms. The Morgan fingerprint density at radius 1 is 1.05 bits per heavy atom. The van der Waals surface area contributed by atoms with Crippen LogP contribution in [-0.2, 0) is 6.54 Å². The van der Waals surface area contributed by atoms with Crippen molar-refractivity contribution in [2.75, 3.05) is 25.0 Å². The summed E-state index contributed by atoms with van der Waals surface area (Å²) in [4.78, 5) is 7.23. The van der Waals surface area contributed by atoms with E-state index in [0.29, 0.717) is 0 Å². The molecule has 1 rings (SSSR count). The summed E-state index contributed by atoms with van der Waals surface area (Å²) >= 11 is 0. The maximum absolute atomic E-state index is 4.77. The van der Waals surface area contributed by atoms with E-state index in [4.69, 9.17) is 4.98 Å². The van der Waals surface area contributed by atoms with Gasteiger partial charge in [0.1, 0.15) is 5.82 Å². The fourth-order valence-corrected chi connectivity index (χ4v) is 2.36. The van der Waals surface area contributed by atoms with Gasteiger partial charge in [-0.2, -0.15) is 0 Å². The number of rotatable bonds is 9. The lowest BCUT2D eigenvalue weighted by molar-refractivity contribution is 0.532. The zero-order valence-corrected chi connectivity index (χ0v) is 14.7. The smallest absolute Gasteiger partial charge is 0.129 e. The van der Waals surface area contributed by atoms with E-state index >= 15 is 0 Å². The third-order valence-electron chi connectivity index (χ3n) is 3.66. The topological polar surface area (TPSA) is 28.2 Å². The van der Waals surface area contributed by atoms with Crippen LogP contribution in [0.4, 0.5) is 5.82 Å². The molecule has 1 aromatic rings. The Morgan fingerprint density at radius 3 is 2.10 bits per heavy atom. The van der Waals surface area contributed by atoms with E-state index < -0.39 is 0 Å². The first-order valence-corrected chi connectivity index (χ1v) is 8.29. The molecular weight excluding hydrogens is 258 g/mol. The van der Waals surface area contributed by atoms with Crippen LogP contribution in [0.5, 0.6) is 0 Å². The van der Waals surface area contributed by atoms with E-state index in [9.17, 15) is 0 Å². The number of aryl methyl sites for hydroxylation is 1. The van der Waals surface area contributed by atoms with Crippen molar-refractivity contribution in [1.82, 2.24) is 10.3 Å². The van der Waals surface area contributed by atoms with Gasteiger partial charge in [0.2, 0.25) is 0 Å². The number of aromatic nitrogens is 1. The largest absolute Gasteiger partial charge is 0.357 e. The maximum atomic E-state index is 4.77. The van der Waals surface area contributed by atoms with Gasteiger partial charge in [-0.3, -0.25) is 0 Å². The molecular formula is C18H33N3. The molecule has 0 unspecified atom stereocenters. The summed E-state index contributed by atoms with van der Waals surface area (Å²) in [7, 11) is 1.99. The monoisotopic (exact) mass is 291 g/mol. The first-order valence-electron chi connectivity index (χ1n) is 8.29. The van der Waals surface area contributed by atoms with Crippen LogP contribution in [0, 0.1) is 18.8 Å². The molecule has 0 aromatic carbocycles. The van der Waals surface area contributed by atoms with Gasteiger partial charge in [-0.15, -0.1) is 0 Å². The fourth-order valence-electron chi connectivity index (χ4n) is 2.36. The lowest BCUT2D eigenvalue weighted by atomic mass is 10.1. The summed E-state index contributed by atoms with van der Waals surface area (Å²) in [5.74, 6) is 2.60. The van der Waals surface area contributed by atoms with E-state index in [1.807, 2.05) is 7.05 Å². The second kappa shape index (κ2) is 9.04. The lowest BCUT2D eigenvalue weighted by Gasteiger charge is -2.26. The van der Waals surface area contributed by atoms with Gasteiger partial charge in [-0.25, -0.2) is 4.98 Å². The van der Waals surface area contributed by atoms with Crippen LogP contribution in [0.3, 0.4) is 0 Å². The molecule has 120 valence electrons. The lowest BCUT2D eigenvalue weighted by Crippen LogP contribution is -2.28. The third kappa shape index (κ3) is 6.94. The Labute approximate surface area is 131 Å². The number of pyridine rings is 1. The van der Waals surface area contributed by atoms with Gasteiger partial charge in [0.25, 0.3) is 0 Å². The molecule has 0 aliphatic heterocycles. The zero-order chi connectivity index (χ0) is 15.8. The molecule has 0 saturated carbocycles. The minimum Gasteiger partial charge on any atom is -0.357 e. The number of hydrogen-bond acceptors (Lipinski definition) is 3. The van der Waals surface area contributed by atoms with Crippen molar-refractivity contribution in [1.29, 1.82) is 0 Å². The Kier molecular flexibility index (Phi) is 7.73. The third-order valence-corrected chi connectivity index (χ3v) is 3.66. The summed E-state index contributed by atoms with van der Waals surface area (Å²) in [6.45, 7) is 14.3. The van der Waals surface area contributed by atoms with Crippen LogP contribution in [0.1, 0.15) is 51.8 Å². The van der Waals surface area contributed by atoms with Crippen molar-refractivity contribution in [3.8, 4) is 0 Å². The van der Waals surface area contributed by atoms with Gasteiger partial charge in [0, 0.05) is 25.3 Å². The molecule has 0 saturated heterocycles. The van der Waals surface area contributed by atoms with Gasteiger partial charge >= 0.3 is 0 Å². The van der Waals surface area contributed by atoms with Crippen LogP contribution in [-0.4, -0.2) is 25.1 Å². The molecule has 0 aliphatic carbocycles. The first-order chi connectivity index (χ1) is 9.92.